The summed E-state index contributed by atoms with van der Waals surface area (Å²) in [6.07, 6.45) is 2.04. The zero-order chi connectivity index (χ0) is 10.7. The van der Waals surface area contributed by atoms with Gasteiger partial charge >= 0.3 is 0 Å². The number of piperidine rings is 1. The van der Waals surface area contributed by atoms with E-state index >= 15 is 0 Å². The van der Waals surface area contributed by atoms with Gasteiger partial charge in [-0.25, -0.2) is 0 Å². The van der Waals surface area contributed by atoms with Gasteiger partial charge in [0.1, 0.15) is 5.03 Å². The van der Waals surface area contributed by atoms with Crippen molar-refractivity contribution in [2.75, 3.05) is 13.1 Å². The van der Waals surface area contributed by atoms with Crippen molar-refractivity contribution in [3.63, 3.8) is 0 Å². The lowest BCUT2D eigenvalue weighted by atomic mass is 10.2. The number of rotatable bonds is 2. The van der Waals surface area contributed by atoms with E-state index in [2.05, 4.69) is 15.5 Å². The zero-order valence-electron chi connectivity index (χ0n) is 8.15. The second kappa shape index (κ2) is 5.01. The first-order chi connectivity index (χ1) is 7.27. The Morgan fingerprint density at radius 2 is 2.33 bits per heavy atom. The van der Waals surface area contributed by atoms with E-state index in [1.165, 1.54) is 0 Å². The van der Waals surface area contributed by atoms with Crippen LogP contribution in [0.4, 0.5) is 0 Å². The lowest BCUT2D eigenvalue weighted by Crippen LogP contribution is -2.36. The average molecular weight is 246 g/mol. The summed E-state index contributed by atoms with van der Waals surface area (Å²) in [4.78, 5) is 0. The van der Waals surface area contributed by atoms with Gasteiger partial charge in [0.15, 0.2) is 5.15 Å². The molecule has 0 spiro atoms. The van der Waals surface area contributed by atoms with E-state index in [0.29, 0.717) is 10.2 Å². The van der Waals surface area contributed by atoms with Gasteiger partial charge in [0.05, 0.1) is 16.0 Å². The van der Waals surface area contributed by atoms with E-state index in [4.69, 9.17) is 11.6 Å². The summed E-state index contributed by atoms with van der Waals surface area (Å²) in [6, 6.07) is 3.30. The van der Waals surface area contributed by atoms with Crippen LogP contribution >= 0.6 is 11.6 Å². The van der Waals surface area contributed by atoms with Gasteiger partial charge in [0.2, 0.25) is 0 Å². The Kier molecular flexibility index (Phi) is 3.66. The second-order valence-corrected chi connectivity index (χ2v) is 5.53. The molecule has 0 aromatic carbocycles. The molecule has 1 aliphatic heterocycles. The number of hydrogen-bond acceptors (Lipinski definition) is 4. The van der Waals surface area contributed by atoms with Crippen LogP contribution in [0.2, 0.25) is 5.15 Å². The van der Waals surface area contributed by atoms with E-state index in [9.17, 15) is 4.21 Å². The van der Waals surface area contributed by atoms with Crippen LogP contribution in [0.5, 0.6) is 0 Å². The number of aromatic nitrogens is 2. The van der Waals surface area contributed by atoms with E-state index in [1.807, 2.05) is 0 Å². The first kappa shape index (κ1) is 11.0. The maximum absolute atomic E-state index is 12.0. The first-order valence-corrected chi connectivity index (χ1v) is 6.47. The van der Waals surface area contributed by atoms with Gasteiger partial charge in [-0.3, -0.25) is 4.21 Å². The van der Waals surface area contributed by atoms with Gasteiger partial charge < -0.3 is 5.32 Å². The highest BCUT2D eigenvalue weighted by atomic mass is 35.5. The van der Waals surface area contributed by atoms with Crippen LogP contribution in [0.25, 0.3) is 0 Å². The van der Waals surface area contributed by atoms with Crippen LogP contribution in [0.3, 0.4) is 0 Å². The van der Waals surface area contributed by atoms with Crippen molar-refractivity contribution in [3.05, 3.63) is 17.3 Å². The monoisotopic (exact) mass is 245 g/mol. The van der Waals surface area contributed by atoms with Crippen LogP contribution in [-0.4, -0.2) is 32.7 Å². The van der Waals surface area contributed by atoms with Crippen LogP contribution < -0.4 is 5.32 Å². The summed E-state index contributed by atoms with van der Waals surface area (Å²) in [5.74, 6) is 0. The molecule has 2 atom stereocenters. The molecule has 1 aromatic heterocycles. The van der Waals surface area contributed by atoms with Gasteiger partial charge in [-0.15, -0.1) is 10.2 Å². The van der Waals surface area contributed by atoms with E-state index in [0.717, 1.165) is 25.9 Å². The molecule has 4 nitrogen and oxygen atoms in total. The number of hydrogen-bond donors (Lipinski definition) is 1. The number of nitrogens with one attached hydrogen (secondary N) is 1. The smallest absolute Gasteiger partial charge is 0.151 e. The Morgan fingerprint density at radius 3 is 2.93 bits per heavy atom. The molecule has 0 unspecified atom stereocenters. The topological polar surface area (TPSA) is 54.9 Å². The second-order valence-electron chi connectivity index (χ2n) is 3.46. The lowest BCUT2D eigenvalue weighted by molar-refractivity contribution is 0.518. The van der Waals surface area contributed by atoms with Gasteiger partial charge in [-0.2, -0.15) is 0 Å². The van der Waals surface area contributed by atoms with Crippen molar-refractivity contribution >= 4 is 22.4 Å². The molecule has 82 valence electrons. The fraction of sp³-hybridized carbons (Fsp3) is 0.556. The molecule has 1 fully saturated rings. The average Bonchev–Trinajstić information content (AvgIpc) is 2.30. The van der Waals surface area contributed by atoms with E-state index in [-0.39, 0.29) is 5.25 Å². The summed E-state index contributed by atoms with van der Waals surface area (Å²) in [6.45, 7) is 1.80. The van der Waals surface area contributed by atoms with Crippen LogP contribution in [0.15, 0.2) is 17.2 Å². The molecule has 1 saturated heterocycles. The molecule has 1 aromatic rings. The molecule has 2 rings (SSSR count). The Labute approximate surface area is 95.9 Å². The van der Waals surface area contributed by atoms with Crippen molar-refractivity contribution < 1.29 is 4.21 Å². The van der Waals surface area contributed by atoms with Crippen molar-refractivity contribution in [1.82, 2.24) is 15.5 Å². The Morgan fingerprint density at radius 1 is 1.47 bits per heavy atom. The summed E-state index contributed by atoms with van der Waals surface area (Å²) in [5.41, 5.74) is 0. The van der Waals surface area contributed by atoms with Gasteiger partial charge in [-0.05, 0) is 31.5 Å². The molecule has 0 bridgehead atoms. The van der Waals surface area contributed by atoms with Crippen molar-refractivity contribution in [1.29, 1.82) is 0 Å². The highest BCUT2D eigenvalue weighted by Crippen LogP contribution is 2.15. The maximum atomic E-state index is 12.0. The highest BCUT2D eigenvalue weighted by molar-refractivity contribution is 7.85. The third-order valence-electron chi connectivity index (χ3n) is 2.37. The first-order valence-electron chi connectivity index (χ1n) is 4.88. The van der Waals surface area contributed by atoms with E-state index in [1.54, 1.807) is 12.1 Å². The Bertz CT molecular complexity index is 351. The summed E-state index contributed by atoms with van der Waals surface area (Å²) >= 11 is 5.62. The minimum Gasteiger partial charge on any atom is -0.316 e. The Hall–Kier alpha value is -0.520. The third-order valence-corrected chi connectivity index (χ3v) is 4.21. The molecule has 2 heterocycles. The minimum absolute atomic E-state index is 0.147. The maximum Gasteiger partial charge on any atom is 0.151 e. The van der Waals surface area contributed by atoms with Crippen molar-refractivity contribution in [2.24, 2.45) is 0 Å². The predicted octanol–water partition coefficient (Wildman–Crippen LogP) is 0.990. The fourth-order valence-electron chi connectivity index (χ4n) is 1.58. The minimum atomic E-state index is -1.07. The molecular formula is C9H12ClN3OS. The van der Waals surface area contributed by atoms with Gasteiger partial charge in [-0.1, -0.05) is 11.6 Å². The molecule has 0 radical (unpaired) electrons. The summed E-state index contributed by atoms with van der Waals surface area (Å²) in [7, 11) is -1.07. The third kappa shape index (κ3) is 2.74. The summed E-state index contributed by atoms with van der Waals surface area (Å²) < 4.78 is 12.0. The predicted molar refractivity (Wildman–Crippen MR) is 59.3 cm³/mol. The molecule has 0 saturated carbocycles. The SMILES string of the molecule is O=[S@@](c1ccc(Cl)nn1)[C@@H]1CCCNC1. The molecule has 0 aliphatic carbocycles. The number of nitrogens with zero attached hydrogens (tertiary/aromatic N) is 2. The molecular weight excluding hydrogens is 234 g/mol. The van der Waals surface area contributed by atoms with Crippen LogP contribution in [0.1, 0.15) is 12.8 Å². The van der Waals surface area contributed by atoms with Crippen molar-refractivity contribution in [3.8, 4) is 0 Å². The largest absolute Gasteiger partial charge is 0.316 e. The molecule has 1 aliphatic rings. The quantitative estimate of drug-likeness (QED) is 0.844. The lowest BCUT2D eigenvalue weighted by Gasteiger charge is -2.21. The van der Waals surface area contributed by atoms with Crippen molar-refractivity contribution in [2.45, 2.75) is 23.1 Å². The molecule has 6 heteroatoms. The van der Waals surface area contributed by atoms with Gasteiger partial charge in [0, 0.05) is 6.54 Å². The normalized spacial score (nSPS) is 23.7. The molecule has 15 heavy (non-hydrogen) atoms. The number of halogens is 1. The molecule has 1 N–H and O–H groups in total. The zero-order valence-corrected chi connectivity index (χ0v) is 9.72. The van der Waals surface area contributed by atoms with Gasteiger partial charge in [0.25, 0.3) is 0 Å². The van der Waals surface area contributed by atoms with Crippen LogP contribution in [0, 0.1) is 0 Å². The highest BCUT2D eigenvalue weighted by Gasteiger charge is 2.21. The summed E-state index contributed by atoms with van der Waals surface area (Å²) in [5, 5.41) is 11.8. The fourth-order valence-corrected chi connectivity index (χ4v) is 3.00. The van der Waals surface area contributed by atoms with Crippen LogP contribution in [-0.2, 0) is 10.8 Å². The molecule has 0 amide bonds. The standard InChI is InChI=1S/C9H12ClN3OS/c10-8-3-4-9(13-12-8)15(14)7-2-1-5-11-6-7/h3-4,7,11H,1-2,5-6H2/t7-,15-/m1/s1. The van der Waals surface area contributed by atoms with E-state index < -0.39 is 10.8 Å². The Balaban J connectivity index is 2.09.